The fourth-order valence-corrected chi connectivity index (χ4v) is 1.37. The zero-order valence-corrected chi connectivity index (χ0v) is 9.83. The summed E-state index contributed by atoms with van der Waals surface area (Å²) in [4.78, 5) is 22.0. The van der Waals surface area contributed by atoms with Crippen LogP contribution in [-0.2, 0) is 20.7 Å². The zero-order valence-electron chi connectivity index (χ0n) is 9.07. The Morgan fingerprint density at radius 1 is 1.53 bits per heavy atom. The Hall–Kier alpha value is -1.62. The first-order chi connectivity index (χ1) is 7.91. The summed E-state index contributed by atoms with van der Waals surface area (Å²) in [5, 5.41) is 0.133. The lowest BCUT2D eigenvalue weighted by atomic mass is 10.1. The van der Waals surface area contributed by atoms with Gasteiger partial charge in [-0.15, -0.1) is 0 Å². The second-order valence-electron chi connectivity index (χ2n) is 3.41. The summed E-state index contributed by atoms with van der Waals surface area (Å²) in [7, 11) is 0. The summed E-state index contributed by atoms with van der Waals surface area (Å²) in [6.45, 7) is 1.34. The maximum Gasteiger partial charge on any atom is 0.311 e. The minimum absolute atomic E-state index is 0.0378. The molecule has 4 nitrogen and oxygen atoms in total. The van der Waals surface area contributed by atoms with Crippen molar-refractivity contribution < 1.29 is 18.7 Å². The van der Waals surface area contributed by atoms with Crippen molar-refractivity contribution in [2.24, 2.45) is 5.73 Å². The number of nitrogens with two attached hydrogens (primary N) is 1. The van der Waals surface area contributed by atoms with E-state index in [0.29, 0.717) is 0 Å². The number of rotatable bonds is 4. The summed E-state index contributed by atoms with van der Waals surface area (Å²) >= 11 is 5.73. The topological polar surface area (TPSA) is 69.4 Å². The smallest absolute Gasteiger partial charge is 0.311 e. The molecular formula is C11H11ClFNO3. The van der Waals surface area contributed by atoms with Crippen LogP contribution in [-0.4, -0.2) is 18.0 Å². The van der Waals surface area contributed by atoms with Gasteiger partial charge in [0.2, 0.25) is 0 Å². The van der Waals surface area contributed by atoms with Gasteiger partial charge in [-0.3, -0.25) is 9.59 Å². The van der Waals surface area contributed by atoms with E-state index in [4.69, 9.17) is 17.3 Å². The van der Waals surface area contributed by atoms with Gasteiger partial charge >= 0.3 is 5.97 Å². The number of primary amides is 1. The van der Waals surface area contributed by atoms with Crippen LogP contribution < -0.4 is 5.73 Å². The number of hydrogen-bond donors (Lipinski definition) is 1. The number of amides is 1. The Labute approximate surface area is 103 Å². The number of halogens is 2. The lowest BCUT2D eigenvalue weighted by Crippen LogP contribution is -2.31. The van der Waals surface area contributed by atoms with E-state index in [-0.39, 0.29) is 17.0 Å². The van der Waals surface area contributed by atoms with Gasteiger partial charge in [-0.25, -0.2) is 4.39 Å². The summed E-state index contributed by atoms with van der Waals surface area (Å²) < 4.78 is 18.0. The highest BCUT2D eigenvalue weighted by molar-refractivity contribution is 6.31. The van der Waals surface area contributed by atoms with Crippen molar-refractivity contribution >= 4 is 23.5 Å². The van der Waals surface area contributed by atoms with Crippen LogP contribution in [0.3, 0.4) is 0 Å². The molecule has 6 heteroatoms. The number of carbonyl (C=O) groups excluding carboxylic acids is 2. The third kappa shape index (κ3) is 3.71. The maximum absolute atomic E-state index is 13.3. The van der Waals surface area contributed by atoms with E-state index in [1.165, 1.54) is 25.1 Å². The van der Waals surface area contributed by atoms with E-state index in [1.807, 2.05) is 0 Å². The van der Waals surface area contributed by atoms with Crippen molar-refractivity contribution in [3.63, 3.8) is 0 Å². The molecule has 17 heavy (non-hydrogen) atoms. The minimum Gasteiger partial charge on any atom is -0.452 e. The predicted octanol–water partition coefficient (Wildman–Crippen LogP) is 1.44. The summed E-state index contributed by atoms with van der Waals surface area (Å²) in [6, 6.07) is 4.08. The first-order valence-electron chi connectivity index (χ1n) is 4.83. The number of hydrogen-bond acceptors (Lipinski definition) is 3. The monoisotopic (exact) mass is 259 g/mol. The fraction of sp³-hybridized carbons (Fsp3) is 0.273. The summed E-state index contributed by atoms with van der Waals surface area (Å²) in [6.07, 6.45) is -1.39. The molecule has 0 saturated heterocycles. The molecule has 1 atom stereocenters. The Morgan fingerprint density at radius 2 is 2.18 bits per heavy atom. The normalized spacial score (nSPS) is 11.9. The van der Waals surface area contributed by atoms with Gasteiger partial charge < -0.3 is 10.5 Å². The molecular weight excluding hydrogens is 249 g/mol. The van der Waals surface area contributed by atoms with Crippen LogP contribution in [0.15, 0.2) is 18.2 Å². The standard InChI is InChI=1S/C11H11ClFNO3/c1-6(11(14)16)17-10(15)5-7-8(12)3-2-4-9(7)13/h2-4,6H,5H2,1H3,(H2,14,16). The average Bonchev–Trinajstić information content (AvgIpc) is 2.23. The Morgan fingerprint density at radius 3 is 2.71 bits per heavy atom. The van der Waals surface area contributed by atoms with Gasteiger partial charge in [0, 0.05) is 10.6 Å². The van der Waals surface area contributed by atoms with Crippen LogP contribution in [0.4, 0.5) is 4.39 Å². The molecule has 0 spiro atoms. The Balaban J connectivity index is 2.72. The second-order valence-corrected chi connectivity index (χ2v) is 3.82. The molecule has 0 radical (unpaired) electrons. The molecule has 0 aliphatic rings. The molecule has 0 heterocycles. The van der Waals surface area contributed by atoms with Crippen LogP contribution in [0, 0.1) is 5.82 Å². The molecule has 0 fully saturated rings. The summed E-state index contributed by atoms with van der Waals surface area (Å²) in [5.41, 5.74) is 4.96. The quantitative estimate of drug-likeness (QED) is 0.832. The molecule has 0 saturated carbocycles. The highest BCUT2D eigenvalue weighted by atomic mass is 35.5. The molecule has 1 aromatic carbocycles. The van der Waals surface area contributed by atoms with Crippen LogP contribution in [0.1, 0.15) is 12.5 Å². The van der Waals surface area contributed by atoms with Crippen molar-refractivity contribution in [2.45, 2.75) is 19.4 Å². The van der Waals surface area contributed by atoms with Crippen LogP contribution in [0.2, 0.25) is 5.02 Å². The van der Waals surface area contributed by atoms with Crippen molar-refractivity contribution in [3.05, 3.63) is 34.6 Å². The molecule has 0 aliphatic heterocycles. The molecule has 0 bridgehead atoms. The molecule has 92 valence electrons. The maximum atomic E-state index is 13.3. The third-order valence-electron chi connectivity index (χ3n) is 2.09. The lowest BCUT2D eigenvalue weighted by Gasteiger charge is -2.10. The average molecular weight is 260 g/mol. The van der Waals surface area contributed by atoms with Gasteiger partial charge in [-0.1, -0.05) is 17.7 Å². The van der Waals surface area contributed by atoms with Crippen molar-refractivity contribution in [1.82, 2.24) is 0 Å². The number of esters is 1. The molecule has 1 unspecified atom stereocenters. The van der Waals surface area contributed by atoms with Gasteiger partial charge in [0.05, 0.1) is 6.42 Å². The predicted molar refractivity (Wildman–Crippen MR) is 59.9 cm³/mol. The van der Waals surface area contributed by atoms with Gasteiger partial charge in [-0.05, 0) is 19.1 Å². The van der Waals surface area contributed by atoms with E-state index in [9.17, 15) is 14.0 Å². The Kier molecular flexibility index (Phi) is 4.45. The van der Waals surface area contributed by atoms with E-state index < -0.39 is 23.8 Å². The first-order valence-corrected chi connectivity index (χ1v) is 5.21. The van der Waals surface area contributed by atoms with Gasteiger partial charge in [0.15, 0.2) is 6.10 Å². The number of carbonyl (C=O) groups is 2. The van der Waals surface area contributed by atoms with E-state index in [2.05, 4.69) is 4.74 Å². The van der Waals surface area contributed by atoms with Gasteiger partial charge in [0.1, 0.15) is 5.82 Å². The molecule has 0 aliphatic carbocycles. The van der Waals surface area contributed by atoms with Crippen LogP contribution in [0.25, 0.3) is 0 Å². The molecule has 1 amide bonds. The van der Waals surface area contributed by atoms with Crippen LogP contribution in [0.5, 0.6) is 0 Å². The van der Waals surface area contributed by atoms with Crippen molar-refractivity contribution in [3.8, 4) is 0 Å². The van der Waals surface area contributed by atoms with E-state index >= 15 is 0 Å². The zero-order chi connectivity index (χ0) is 13.0. The van der Waals surface area contributed by atoms with Gasteiger partial charge in [0.25, 0.3) is 5.91 Å². The fourth-order valence-electron chi connectivity index (χ4n) is 1.14. The van der Waals surface area contributed by atoms with Crippen molar-refractivity contribution in [1.29, 1.82) is 0 Å². The largest absolute Gasteiger partial charge is 0.452 e. The SMILES string of the molecule is CC(OC(=O)Cc1c(F)cccc1Cl)C(N)=O. The number of ether oxygens (including phenoxy) is 1. The molecule has 2 N–H and O–H groups in total. The minimum atomic E-state index is -1.05. The van der Waals surface area contributed by atoms with Gasteiger partial charge in [-0.2, -0.15) is 0 Å². The molecule has 1 rings (SSSR count). The van der Waals surface area contributed by atoms with E-state index in [1.54, 1.807) is 0 Å². The summed E-state index contributed by atoms with van der Waals surface area (Å²) in [5.74, 6) is -2.12. The molecule has 1 aromatic rings. The van der Waals surface area contributed by atoms with Crippen LogP contribution >= 0.6 is 11.6 Å². The second kappa shape index (κ2) is 5.63. The third-order valence-corrected chi connectivity index (χ3v) is 2.45. The first kappa shape index (κ1) is 13.4. The number of benzene rings is 1. The highest BCUT2D eigenvalue weighted by Gasteiger charge is 2.17. The highest BCUT2D eigenvalue weighted by Crippen LogP contribution is 2.19. The Bertz CT molecular complexity index is 430. The van der Waals surface area contributed by atoms with Crippen molar-refractivity contribution in [2.75, 3.05) is 0 Å². The van der Waals surface area contributed by atoms with E-state index in [0.717, 1.165) is 0 Å². The lowest BCUT2D eigenvalue weighted by molar-refractivity contribution is -0.153. The molecule has 0 aromatic heterocycles.